The van der Waals surface area contributed by atoms with E-state index in [2.05, 4.69) is 19.9 Å². The van der Waals surface area contributed by atoms with Crippen LogP contribution in [0.3, 0.4) is 0 Å². The van der Waals surface area contributed by atoms with Crippen molar-refractivity contribution < 1.29 is 130 Å². The van der Waals surface area contributed by atoms with Crippen molar-refractivity contribution in [2.75, 3.05) is 0 Å². The van der Waals surface area contributed by atoms with Crippen molar-refractivity contribution in [3.8, 4) is 0 Å². The molecule has 12 N–H and O–H groups in total. The molecule has 0 radical (unpaired) electrons. The molecule has 27 nitrogen and oxygen atoms in total. The molecule has 85 heavy (non-hydrogen) atoms. The van der Waals surface area contributed by atoms with Crippen LogP contribution < -0.4 is 0 Å². The molecular formula is C57H92O27S. The predicted molar refractivity (Wildman–Crippen MR) is 288 cm³/mol. The van der Waals surface area contributed by atoms with Gasteiger partial charge < -0.3 is 104 Å². The number of fused-ring (bicyclic) bond motifs is 5. The molecule has 0 aromatic heterocycles. The van der Waals surface area contributed by atoms with Gasteiger partial charge >= 0.3 is 10.4 Å². The molecule has 0 aromatic carbocycles. The van der Waals surface area contributed by atoms with E-state index in [1.54, 1.807) is 6.92 Å². The van der Waals surface area contributed by atoms with E-state index < -0.39 is 198 Å². The van der Waals surface area contributed by atoms with Gasteiger partial charge in [-0.1, -0.05) is 39.3 Å². The van der Waals surface area contributed by atoms with Crippen LogP contribution in [0.15, 0.2) is 11.6 Å². The van der Waals surface area contributed by atoms with Gasteiger partial charge in [0, 0.05) is 12.8 Å². The van der Waals surface area contributed by atoms with Crippen LogP contribution in [0.25, 0.3) is 0 Å². The molecule has 5 heterocycles. The topological polar surface area (TPSA) is 413 Å². The number of carbonyl (C=O) groups is 2. The Kier molecular flexibility index (Phi) is 20.4. The molecule has 4 unspecified atom stereocenters. The van der Waals surface area contributed by atoms with Crippen molar-refractivity contribution in [1.82, 2.24) is 0 Å². The van der Waals surface area contributed by atoms with Gasteiger partial charge in [0.2, 0.25) is 0 Å². The van der Waals surface area contributed by atoms with E-state index in [0.29, 0.717) is 38.5 Å². The third-order valence-corrected chi connectivity index (χ3v) is 20.9. The number of carbonyl (C=O) groups excluding carboxylic acids is 2. The Morgan fingerprint density at radius 2 is 1.15 bits per heavy atom. The minimum Gasteiger partial charge on any atom is -0.389 e. The highest BCUT2D eigenvalue weighted by atomic mass is 32.3. The molecule has 3 saturated carbocycles. The molecule has 4 aliphatic carbocycles. The Hall–Kier alpha value is -1.89. The largest absolute Gasteiger partial charge is 0.397 e. The van der Waals surface area contributed by atoms with E-state index in [4.69, 9.17) is 51.6 Å². The van der Waals surface area contributed by atoms with Gasteiger partial charge in [0.1, 0.15) is 91.2 Å². The smallest absolute Gasteiger partial charge is 0.389 e. The highest BCUT2D eigenvalue weighted by Gasteiger charge is 2.64. The summed E-state index contributed by atoms with van der Waals surface area (Å²) in [6.45, 7) is 16.9. The van der Waals surface area contributed by atoms with Gasteiger partial charge in [-0.25, -0.2) is 4.18 Å². The summed E-state index contributed by atoms with van der Waals surface area (Å²) in [7, 11) is -4.89. The maximum Gasteiger partial charge on any atom is 0.397 e. The van der Waals surface area contributed by atoms with Crippen molar-refractivity contribution in [2.24, 2.45) is 40.4 Å². The average Bonchev–Trinajstić information content (AvgIpc) is 1.84. The maximum atomic E-state index is 14.4. The molecule has 5 aliphatic heterocycles. The first-order chi connectivity index (χ1) is 39.6. The number of aliphatic hydroxyl groups excluding tert-OH is 10. The number of allylic oxidation sites excluding steroid dienone is 2. The van der Waals surface area contributed by atoms with Crippen LogP contribution in [0.4, 0.5) is 0 Å². The number of rotatable bonds is 17. The molecule has 33 atom stereocenters. The van der Waals surface area contributed by atoms with Crippen LogP contribution >= 0.6 is 0 Å². The molecule has 28 heteroatoms. The minimum atomic E-state index is -4.89. The summed E-state index contributed by atoms with van der Waals surface area (Å²) in [5.74, 6) is -1.64. The fourth-order valence-corrected chi connectivity index (χ4v) is 16.4. The van der Waals surface area contributed by atoms with E-state index in [0.717, 1.165) is 5.57 Å². The van der Waals surface area contributed by atoms with Crippen LogP contribution in [0.1, 0.15) is 127 Å². The van der Waals surface area contributed by atoms with Gasteiger partial charge in [-0.15, -0.1) is 0 Å². The molecule has 0 aromatic rings. The highest BCUT2D eigenvalue weighted by molar-refractivity contribution is 7.80. The van der Waals surface area contributed by atoms with E-state index in [1.165, 1.54) is 34.6 Å². The van der Waals surface area contributed by atoms with E-state index in [1.807, 2.05) is 13.8 Å². The predicted octanol–water partition coefficient (Wildman–Crippen LogP) is -1.05. The third kappa shape index (κ3) is 13.3. The van der Waals surface area contributed by atoms with Crippen molar-refractivity contribution in [2.45, 2.75) is 292 Å². The summed E-state index contributed by atoms with van der Waals surface area (Å²) in [6.07, 6.45) is -36.2. The van der Waals surface area contributed by atoms with Gasteiger partial charge in [0.15, 0.2) is 43.3 Å². The lowest BCUT2D eigenvalue weighted by Gasteiger charge is -2.60. The number of hydrogen-bond donors (Lipinski definition) is 12. The lowest BCUT2D eigenvalue weighted by atomic mass is 9.47. The molecule has 488 valence electrons. The number of Topliss-reactive ketones (excluding diaryl/α,β-unsaturated/α-hetero) is 2. The molecule has 9 aliphatic rings. The normalized spacial score (nSPS) is 51.3. The summed E-state index contributed by atoms with van der Waals surface area (Å²) >= 11 is 0. The lowest BCUT2D eigenvalue weighted by molar-refractivity contribution is -0.399. The number of ether oxygens (including phenoxy) is 10. The zero-order chi connectivity index (χ0) is 62.5. The van der Waals surface area contributed by atoms with Gasteiger partial charge in [0.25, 0.3) is 0 Å². The summed E-state index contributed by atoms with van der Waals surface area (Å²) in [6, 6.07) is 0. The number of hydrogen-bond acceptors (Lipinski definition) is 26. The summed E-state index contributed by atoms with van der Waals surface area (Å²) < 4.78 is 101. The van der Waals surface area contributed by atoms with Crippen LogP contribution in [0.2, 0.25) is 0 Å². The van der Waals surface area contributed by atoms with Crippen molar-refractivity contribution >= 4 is 22.0 Å². The molecule has 9 rings (SSSR count). The molecular weight excluding hydrogens is 1150 g/mol. The highest BCUT2D eigenvalue weighted by Crippen LogP contribution is 2.67. The van der Waals surface area contributed by atoms with Crippen LogP contribution in [0.5, 0.6) is 0 Å². The second kappa shape index (κ2) is 25.7. The first-order valence-electron chi connectivity index (χ1n) is 30.1. The van der Waals surface area contributed by atoms with Crippen LogP contribution in [-0.4, -0.2) is 246 Å². The SMILES string of the molecule is CC(C)CC(=O)C[C@@](C)(O)[C@H]1CC[C@H]2[C@@H]3C[C@H](O[C@@H]4O[C@H](C)C(=O)[C@H](OC5O[C@H](C)[C@@H](OC6O[C@H](C)[C@H](O)[C@H](O)[C@H]6OC6O[C@H](C)[C@H](O)[C@H](O)[C@H]6O)[C@H](O)[C@H]5OC5O[C@H](C)[C@@H](O)[C@H](O)[C@H]5O)[C@H]4O)[C@H]4C[C@@H](OS(=O)(=O)O)CC[C@]4(C)C3=CC[C@@]21C. The van der Waals surface area contributed by atoms with Crippen LogP contribution in [-0.2, 0) is 71.5 Å². The fraction of sp³-hybridized carbons (Fsp3) is 0.930. The van der Waals surface area contributed by atoms with E-state index in [9.17, 15) is 78.7 Å². The number of ketones is 2. The minimum absolute atomic E-state index is 0.00928. The fourth-order valence-electron chi connectivity index (χ4n) is 15.9. The Morgan fingerprint density at radius 1 is 0.635 bits per heavy atom. The Balaban J connectivity index is 0.992. The quantitative estimate of drug-likeness (QED) is 0.0610. The first-order valence-corrected chi connectivity index (χ1v) is 31.4. The molecule has 8 fully saturated rings. The Labute approximate surface area is 495 Å². The number of aliphatic hydroxyl groups is 11. The van der Waals surface area contributed by atoms with Gasteiger partial charge in [-0.2, -0.15) is 8.42 Å². The van der Waals surface area contributed by atoms with Gasteiger partial charge in [0.05, 0.1) is 42.2 Å². The zero-order valence-electron chi connectivity index (χ0n) is 49.7. The average molecular weight is 1240 g/mol. The molecule has 0 spiro atoms. The monoisotopic (exact) mass is 1240 g/mol. The molecule has 5 saturated heterocycles. The summed E-state index contributed by atoms with van der Waals surface area (Å²) in [5, 5.41) is 124. The Morgan fingerprint density at radius 3 is 1.73 bits per heavy atom. The first kappa shape index (κ1) is 67.5. The zero-order valence-corrected chi connectivity index (χ0v) is 50.6. The second-order valence-electron chi connectivity index (χ2n) is 26.9. The molecule has 0 bridgehead atoms. The maximum absolute atomic E-state index is 14.4. The van der Waals surface area contributed by atoms with Crippen molar-refractivity contribution in [3.05, 3.63) is 11.6 Å². The summed E-state index contributed by atoms with van der Waals surface area (Å²) in [4.78, 5) is 27.6. The summed E-state index contributed by atoms with van der Waals surface area (Å²) in [5.41, 5.74) is -1.28. The van der Waals surface area contributed by atoms with E-state index >= 15 is 0 Å². The standard InChI is InChI=1S/C57H92O27S/c1-21(2)17-27(58)20-57(10,70)34-12-11-30-29-19-33(32-18-28(84-85(71,72)73)13-15-55(32,8)31(29)14-16-56(30,34)9)79-52-45(69)47(38(62)25(6)76-52)81-54-49(83-51-43(67)40(64)36(60)23(4)75-51)44(68)46(26(7)78-54)80-53-48(41(65)37(61)24(5)77-53)82-50-42(66)39(63)35(59)22(3)74-50/h14,21-26,28-30,32-37,39-54,59-61,63-70H,11-13,15-20H2,1-10H3,(H,71,72,73)/t22-,23-,24-,25-,26-,28+,29+,30+,32-,33+,34+,35+,36-,37+,39+,40+,41+,42-,43-,44+,45-,46-,47+,48-,49-,50?,51?,52+,53?,54?,55-,56+,57-/m1/s1. The van der Waals surface area contributed by atoms with Gasteiger partial charge in [-0.05, 0) is 127 Å². The van der Waals surface area contributed by atoms with Crippen molar-refractivity contribution in [3.63, 3.8) is 0 Å². The van der Waals surface area contributed by atoms with Crippen LogP contribution in [0, 0.1) is 40.4 Å². The Bertz CT molecular complexity index is 2490. The van der Waals surface area contributed by atoms with Crippen molar-refractivity contribution in [1.29, 1.82) is 0 Å². The van der Waals surface area contributed by atoms with Gasteiger partial charge in [-0.3, -0.25) is 14.1 Å². The third-order valence-electron chi connectivity index (χ3n) is 20.4. The van der Waals surface area contributed by atoms with E-state index in [-0.39, 0.29) is 48.7 Å². The lowest BCUT2D eigenvalue weighted by Crippen LogP contribution is -2.67. The second-order valence-corrected chi connectivity index (χ2v) is 27.9. The molecule has 0 amide bonds.